The Morgan fingerprint density at radius 3 is 1.49 bits per heavy atom. The van der Waals surface area contributed by atoms with Crippen LogP contribution >= 0.6 is 0 Å². The number of carboxylic acids is 2. The maximum Gasteiger partial charge on any atom is 0.323 e. The molecule has 0 aliphatic rings. The van der Waals surface area contributed by atoms with Crippen LogP contribution in [-0.2, 0) is 16.0 Å². The first-order valence-electron chi connectivity index (χ1n) is 19.3. The lowest BCUT2D eigenvalue weighted by molar-refractivity contribution is -0.136. The number of aliphatic carboxylic acids is 2. The summed E-state index contributed by atoms with van der Waals surface area (Å²) in [5, 5.41) is 40.1. The second-order valence-corrected chi connectivity index (χ2v) is 13.8. The van der Waals surface area contributed by atoms with Crippen molar-refractivity contribution in [3.05, 3.63) is 54.1 Å². The van der Waals surface area contributed by atoms with Gasteiger partial charge in [-0.15, -0.1) is 0 Å². The number of aryl methyl sites for hydroxylation is 1. The van der Waals surface area contributed by atoms with Gasteiger partial charge < -0.3 is 34.8 Å². The van der Waals surface area contributed by atoms with Crippen molar-refractivity contribution in [3.63, 3.8) is 0 Å². The monoisotopic (exact) mass is 707 g/mol. The Labute approximate surface area is 304 Å². The van der Waals surface area contributed by atoms with E-state index in [0.29, 0.717) is 30.4 Å². The van der Waals surface area contributed by atoms with Crippen molar-refractivity contribution in [2.24, 2.45) is 0 Å². The molecule has 0 aromatic heterocycles. The van der Waals surface area contributed by atoms with E-state index in [4.69, 9.17) is 9.47 Å². The van der Waals surface area contributed by atoms with Gasteiger partial charge in [-0.3, -0.25) is 9.59 Å². The van der Waals surface area contributed by atoms with Crippen LogP contribution in [0.3, 0.4) is 0 Å². The largest absolute Gasteiger partial charge is 0.504 e. The zero-order valence-electron chi connectivity index (χ0n) is 30.8. The molecule has 0 aliphatic carbocycles. The minimum atomic E-state index is -1.13. The van der Waals surface area contributed by atoms with Crippen LogP contribution in [0.25, 0.3) is 10.8 Å². The number of hydrogen-bond acceptors (Lipinski definition) is 7. The number of carboxylic acid groups (broad SMARTS) is 2. The minimum Gasteiger partial charge on any atom is -0.504 e. The maximum atomic E-state index is 11.5. The fourth-order valence-corrected chi connectivity index (χ4v) is 6.41. The summed E-state index contributed by atoms with van der Waals surface area (Å²) in [6, 6.07) is 14.2. The Morgan fingerprint density at radius 2 is 1.00 bits per heavy atom. The zero-order chi connectivity index (χ0) is 36.7. The van der Waals surface area contributed by atoms with Gasteiger partial charge in [0.15, 0.2) is 11.5 Å². The molecule has 0 radical (unpaired) electrons. The van der Waals surface area contributed by atoms with Gasteiger partial charge in [0, 0.05) is 23.9 Å². The lowest BCUT2D eigenvalue weighted by atomic mass is 10.0. The first-order chi connectivity index (χ1) is 24.7. The highest BCUT2D eigenvalue weighted by Gasteiger charge is 2.17. The molecule has 0 saturated heterocycles. The van der Waals surface area contributed by atoms with E-state index in [1.807, 2.05) is 18.2 Å². The number of phenolic OH excluding ortho intramolecular Hbond substituents is 2. The quantitative estimate of drug-likeness (QED) is 0.0410. The summed E-state index contributed by atoms with van der Waals surface area (Å²) >= 11 is 0. The molecule has 9 nitrogen and oxygen atoms in total. The van der Waals surface area contributed by atoms with E-state index in [1.54, 1.807) is 30.3 Å². The molecule has 3 aromatic rings. The third kappa shape index (κ3) is 17.1. The average Bonchev–Trinajstić information content (AvgIpc) is 3.09. The molecule has 0 spiro atoms. The van der Waals surface area contributed by atoms with Gasteiger partial charge in [-0.2, -0.15) is 0 Å². The minimum absolute atomic E-state index is 0.140. The average molecular weight is 708 g/mol. The van der Waals surface area contributed by atoms with Crippen molar-refractivity contribution < 1.29 is 39.5 Å². The number of ether oxygens (including phenoxy) is 2. The van der Waals surface area contributed by atoms with Crippen molar-refractivity contribution in [2.45, 2.75) is 129 Å². The molecule has 4 N–H and O–H groups in total. The van der Waals surface area contributed by atoms with Gasteiger partial charge in [-0.25, -0.2) is 0 Å². The van der Waals surface area contributed by atoms with Gasteiger partial charge in [0.05, 0.1) is 13.2 Å². The molecule has 0 saturated carbocycles. The Morgan fingerprint density at radius 1 is 0.549 bits per heavy atom. The van der Waals surface area contributed by atoms with Gasteiger partial charge in [-0.05, 0) is 54.2 Å². The van der Waals surface area contributed by atoms with Crippen LogP contribution in [0.5, 0.6) is 23.0 Å². The number of phenols is 2. The second kappa shape index (κ2) is 24.1. The molecule has 3 rings (SSSR count). The van der Waals surface area contributed by atoms with E-state index in [-0.39, 0.29) is 11.5 Å². The second-order valence-electron chi connectivity index (χ2n) is 13.8. The number of nitrogens with zero attached hydrogens (tertiary/aromatic N) is 1. The Hall–Kier alpha value is -4.14. The Balaban J connectivity index is 1.40. The fourth-order valence-electron chi connectivity index (χ4n) is 6.41. The Bertz CT molecular complexity index is 1440. The summed E-state index contributed by atoms with van der Waals surface area (Å²) in [6.07, 6.45) is 23.1. The van der Waals surface area contributed by atoms with Crippen LogP contribution in [0, 0.1) is 0 Å². The molecule has 3 aromatic carbocycles. The van der Waals surface area contributed by atoms with E-state index in [1.165, 1.54) is 94.8 Å². The molecule has 0 heterocycles. The third-order valence-corrected chi connectivity index (χ3v) is 9.28. The van der Waals surface area contributed by atoms with Crippen LogP contribution in [0.4, 0.5) is 5.69 Å². The molecule has 0 fully saturated rings. The molecule has 0 amide bonds. The first kappa shape index (κ1) is 41.3. The van der Waals surface area contributed by atoms with Crippen LogP contribution < -0.4 is 14.4 Å². The van der Waals surface area contributed by atoms with Crippen LogP contribution in [0.2, 0.25) is 0 Å². The van der Waals surface area contributed by atoms with Crippen molar-refractivity contribution >= 4 is 28.4 Å². The zero-order valence-corrected chi connectivity index (χ0v) is 30.8. The molecular weight excluding hydrogens is 646 g/mol. The van der Waals surface area contributed by atoms with Gasteiger partial charge >= 0.3 is 11.9 Å². The maximum absolute atomic E-state index is 11.5. The number of unbranched alkanes of at least 4 members (excludes halogenated alkanes) is 16. The summed E-state index contributed by atoms with van der Waals surface area (Å²) < 4.78 is 12.1. The highest BCUT2D eigenvalue weighted by atomic mass is 16.5. The normalized spacial score (nSPS) is 11.2. The van der Waals surface area contributed by atoms with Crippen molar-refractivity contribution in [1.29, 1.82) is 0 Å². The molecule has 282 valence electrons. The molecule has 51 heavy (non-hydrogen) atoms. The smallest absolute Gasteiger partial charge is 0.323 e. The highest BCUT2D eigenvalue weighted by molar-refractivity contribution is 5.86. The molecule has 9 heteroatoms. The Kier molecular flexibility index (Phi) is 19.5. The SMILES string of the molecule is CCCCCCCCCCCCCCCCCCOc1cc(OCCCCc2ccc3cc(O)c(O)cc3c2)cc(N(CC(=O)O)CC(=O)O)c1. The topological polar surface area (TPSA) is 137 Å². The van der Waals surface area contributed by atoms with Gasteiger partial charge in [-0.1, -0.05) is 121 Å². The summed E-state index contributed by atoms with van der Waals surface area (Å²) in [7, 11) is 0. The molecule has 0 unspecified atom stereocenters. The molecule has 0 bridgehead atoms. The predicted octanol–water partition coefficient (Wildman–Crippen LogP) is 10.3. The van der Waals surface area contributed by atoms with E-state index in [9.17, 15) is 30.0 Å². The van der Waals surface area contributed by atoms with E-state index in [2.05, 4.69) is 6.92 Å². The fraction of sp³-hybridized carbons (Fsp3) is 0.571. The van der Waals surface area contributed by atoms with Crippen LogP contribution in [0.15, 0.2) is 48.5 Å². The molecule has 0 atom stereocenters. The van der Waals surface area contributed by atoms with Gasteiger partial charge in [0.1, 0.15) is 24.6 Å². The third-order valence-electron chi connectivity index (χ3n) is 9.28. The van der Waals surface area contributed by atoms with E-state index >= 15 is 0 Å². The number of aromatic hydroxyl groups is 2. The highest BCUT2D eigenvalue weighted by Crippen LogP contribution is 2.32. The van der Waals surface area contributed by atoms with Gasteiger partial charge in [0.25, 0.3) is 0 Å². The lowest BCUT2D eigenvalue weighted by Crippen LogP contribution is -2.34. The first-order valence-corrected chi connectivity index (χ1v) is 19.3. The molecule has 0 aliphatic heterocycles. The van der Waals surface area contributed by atoms with Gasteiger partial charge in [0.2, 0.25) is 0 Å². The standard InChI is InChI=1S/C42H61NO8/c1-2-3-4-5-6-7-8-9-10-11-12-13-14-15-16-18-23-50-37-28-36(43(31-41(46)47)32-42(48)49)29-38(30-37)51-24-19-17-20-33-21-22-34-26-39(44)40(45)27-35(34)25-33/h21-22,25-30,44-45H,2-20,23-24,31-32H2,1H3,(H,46,47)(H,48,49). The molecular formula is C42H61NO8. The van der Waals surface area contributed by atoms with Crippen molar-refractivity contribution in [1.82, 2.24) is 0 Å². The number of anilines is 1. The number of rotatable bonds is 29. The van der Waals surface area contributed by atoms with Crippen molar-refractivity contribution in [3.8, 4) is 23.0 Å². The van der Waals surface area contributed by atoms with Crippen LogP contribution in [-0.4, -0.2) is 58.7 Å². The summed E-state index contributed by atoms with van der Waals surface area (Å²) in [5.41, 5.74) is 1.53. The summed E-state index contributed by atoms with van der Waals surface area (Å²) in [4.78, 5) is 24.3. The summed E-state index contributed by atoms with van der Waals surface area (Å²) in [6.45, 7) is 2.28. The number of hydrogen-bond donors (Lipinski definition) is 4. The number of carbonyl (C=O) groups is 2. The van der Waals surface area contributed by atoms with Crippen molar-refractivity contribution in [2.75, 3.05) is 31.2 Å². The number of fused-ring (bicyclic) bond motifs is 1. The lowest BCUT2D eigenvalue weighted by Gasteiger charge is -2.22. The predicted molar refractivity (Wildman–Crippen MR) is 205 cm³/mol. The number of benzene rings is 3. The van der Waals surface area contributed by atoms with E-state index < -0.39 is 25.0 Å². The van der Waals surface area contributed by atoms with E-state index in [0.717, 1.165) is 48.4 Å². The summed E-state index contributed by atoms with van der Waals surface area (Å²) in [5.74, 6) is -1.52. The van der Waals surface area contributed by atoms with Crippen LogP contribution in [0.1, 0.15) is 128 Å².